The van der Waals surface area contributed by atoms with Crippen LogP contribution in [0.15, 0.2) is 27.8 Å². The number of methoxy groups -OCH3 is 2. The summed E-state index contributed by atoms with van der Waals surface area (Å²) in [5.41, 5.74) is 3.50. The van der Waals surface area contributed by atoms with Crippen molar-refractivity contribution in [2.75, 3.05) is 26.6 Å². The number of aromatic nitrogens is 2. The molecule has 0 saturated heterocycles. The number of Topliss-reactive ketones (excluding diaryl/α,β-unsaturated/α-hetero) is 1. The predicted octanol–water partition coefficient (Wildman–Crippen LogP) is -0.287. The number of hydrogen-bond acceptors (Lipinski definition) is 8. The van der Waals surface area contributed by atoms with Crippen LogP contribution >= 0.6 is 0 Å². The fourth-order valence-electron chi connectivity index (χ4n) is 2.24. The first-order chi connectivity index (χ1) is 12.3. The summed E-state index contributed by atoms with van der Waals surface area (Å²) >= 11 is 0. The van der Waals surface area contributed by atoms with Gasteiger partial charge in [-0.1, -0.05) is 6.07 Å². The highest BCUT2D eigenvalue weighted by molar-refractivity contribution is 6.02. The molecule has 0 radical (unpaired) electrons. The SMILES string of the molecule is COc1cccc(C(=O)OCC(=O)c2c(N)n(C)c(=O)[nH]c2=O)c1OC. The van der Waals surface area contributed by atoms with E-state index in [0.29, 0.717) is 5.75 Å². The molecule has 0 spiro atoms. The van der Waals surface area contributed by atoms with Crippen molar-refractivity contribution in [3.63, 3.8) is 0 Å². The number of ketones is 1. The zero-order valence-electron chi connectivity index (χ0n) is 14.3. The van der Waals surface area contributed by atoms with Gasteiger partial charge in [0.25, 0.3) is 5.56 Å². The summed E-state index contributed by atoms with van der Waals surface area (Å²) in [4.78, 5) is 49.6. The number of benzene rings is 1. The lowest BCUT2D eigenvalue weighted by molar-refractivity contribution is 0.0470. The van der Waals surface area contributed by atoms with Crippen molar-refractivity contribution in [2.45, 2.75) is 0 Å². The fraction of sp³-hybridized carbons (Fsp3) is 0.250. The van der Waals surface area contributed by atoms with Gasteiger partial charge >= 0.3 is 11.7 Å². The maximum atomic E-state index is 12.2. The van der Waals surface area contributed by atoms with Crippen LogP contribution in [0.3, 0.4) is 0 Å². The van der Waals surface area contributed by atoms with Crippen molar-refractivity contribution in [2.24, 2.45) is 7.05 Å². The first kappa shape index (κ1) is 18.8. The molecule has 0 saturated carbocycles. The number of para-hydroxylation sites is 1. The Kier molecular flexibility index (Phi) is 5.45. The van der Waals surface area contributed by atoms with Gasteiger partial charge in [0.05, 0.1) is 14.2 Å². The number of nitrogens with two attached hydrogens (primary N) is 1. The van der Waals surface area contributed by atoms with Crippen LogP contribution in [0.25, 0.3) is 0 Å². The molecule has 3 N–H and O–H groups in total. The molecule has 0 aliphatic rings. The van der Waals surface area contributed by atoms with Crippen LogP contribution in [0, 0.1) is 0 Å². The zero-order valence-corrected chi connectivity index (χ0v) is 14.3. The minimum Gasteiger partial charge on any atom is -0.493 e. The summed E-state index contributed by atoms with van der Waals surface area (Å²) in [6.45, 7) is -0.745. The second kappa shape index (κ2) is 7.55. The van der Waals surface area contributed by atoms with Gasteiger partial charge in [-0.3, -0.25) is 19.1 Å². The molecule has 10 heteroatoms. The number of rotatable bonds is 6. The molecule has 2 rings (SSSR count). The van der Waals surface area contributed by atoms with E-state index in [2.05, 4.69) is 0 Å². The lowest BCUT2D eigenvalue weighted by atomic mass is 10.2. The highest BCUT2D eigenvalue weighted by Crippen LogP contribution is 2.31. The van der Waals surface area contributed by atoms with E-state index in [0.717, 1.165) is 4.57 Å². The smallest absolute Gasteiger partial charge is 0.342 e. The predicted molar refractivity (Wildman–Crippen MR) is 90.9 cm³/mol. The molecule has 2 aromatic rings. The van der Waals surface area contributed by atoms with E-state index in [-0.39, 0.29) is 17.1 Å². The average Bonchev–Trinajstić information content (AvgIpc) is 2.63. The summed E-state index contributed by atoms with van der Waals surface area (Å²) in [6.07, 6.45) is 0. The van der Waals surface area contributed by atoms with E-state index in [1.807, 2.05) is 4.98 Å². The molecule has 0 atom stereocenters. The van der Waals surface area contributed by atoms with E-state index in [4.69, 9.17) is 19.9 Å². The quantitative estimate of drug-likeness (QED) is 0.527. The molecule has 0 fully saturated rings. The van der Waals surface area contributed by atoms with E-state index < -0.39 is 35.2 Å². The summed E-state index contributed by atoms with van der Waals surface area (Å²) in [6, 6.07) is 4.57. The molecule has 0 amide bonds. The van der Waals surface area contributed by atoms with Crippen molar-refractivity contribution in [1.29, 1.82) is 0 Å². The summed E-state index contributed by atoms with van der Waals surface area (Å²) in [5, 5.41) is 0. The molecule has 0 unspecified atom stereocenters. The Morgan fingerprint density at radius 1 is 1.19 bits per heavy atom. The molecule has 26 heavy (non-hydrogen) atoms. The third-order valence-electron chi connectivity index (χ3n) is 3.61. The second-order valence-electron chi connectivity index (χ2n) is 5.12. The standard InChI is InChI=1S/C16H17N3O7/c1-19-13(17)11(14(21)18-16(19)23)9(20)7-26-15(22)8-5-4-6-10(24-2)12(8)25-3/h4-6H,7,17H2,1-3H3,(H,18,21,23). The largest absolute Gasteiger partial charge is 0.493 e. The van der Waals surface area contributed by atoms with Crippen molar-refractivity contribution in [3.8, 4) is 11.5 Å². The first-order valence-corrected chi connectivity index (χ1v) is 7.31. The monoisotopic (exact) mass is 363 g/mol. The number of anilines is 1. The van der Waals surface area contributed by atoms with Crippen LogP contribution in [0.4, 0.5) is 5.82 Å². The van der Waals surface area contributed by atoms with Gasteiger partial charge in [-0.25, -0.2) is 9.59 Å². The van der Waals surface area contributed by atoms with Gasteiger partial charge in [-0.2, -0.15) is 0 Å². The number of nitrogens with one attached hydrogen (secondary N) is 1. The Morgan fingerprint density at radius 3 is 2.50 bits per heavy atom. The van der Waals surface area contributed by atoms with Gasteiger partial charge in [-0.05, 0) is 12.1 Å². The van der Waals surface area contributed by atoms with E-state index in [1.54, 1.807) is 12.1 Å². The lowest BCUT2D eigenvalue weighted by Gasteiger charge is -2.12. The number of hydrogen-bond donors (Lipinski definition) is 2. The molecule has 0 aliphatic carbocycles. The van der Waals surface area contributed by atoms with Gasteiger partial charge in [-0.15, -0.1) is 0 Å². The molecule has 138 valence electrons. The van der Waals surface area contributed by atoms with Crippen LogP contribution in [0.2, 0.25) is 0 Å². The highest BCUT2D eigenvalue weighted by atomic mass is 16.5. The summed E-state index contributed by atoms with van der Waals surface area (Å²) in [5.74, 6) is -1.57. The maximum Gasteiger partial charge on any atom is 0.342 e. The normalized spacial score (nSPS) is 10.3. The number of ether oxygens (including phenoxy) is 3. The van der Waals surface area contributed by atoms with Crippen LogP contribution in [-0.4, -0.2) is 42.1 Å². The Hall–Kier alpha value is -3.56. The average molecular weight is 363 g/mol. The Labute approximate surface area is 147 Å². The van der Waals surface area contributed by atoms with Crippen LogP contribution in [-0.2, 0) is 11.8 Å². The van der Waals surface area contributed by atoms with E-state index in [1.165, 1.54) is 27.3 Å². The van der Waals surface area contributed by atoms with Gasteiger partial charge in [0.15, 0.2) is 18.1 Å². The molecule has 0 bridgehead atoms. The number of aromatic amines is 1. The zero-order chi connectivity index (χ0) is 19.4. The number of H-pyrrole nitrogens is 1. The highest BCUT2D eigenvalue weighted by Gasteiger charge is 2.22. The number of carbonyl (C=O) groups is 2. The molecule has 1 aromatic heterocycles. The minimum atomic E-state index is -0.953. The van der Waals surface area contributed by atoms with Crippen LogP contribution < -0.4 is 26.5 Å². The summed E-state index contributed by atoms with van der Waals surface area (Å²) in [7, 11) is 4.05. The molecular formula is C16H17N3O7. The van der Waals surface area contributed by atoms with Crippen molar-refractivity contribution in [3.05, 3.63) is 50.2 Å². The molecule has 1 heterocycles. The fourth-order valence-corrected chi connectivity index (χ4v) is 2.24. The summed E-state index contributed by atoms with van der Waals surface area (Å²) < 4.78 is 16.1. The molecule has 0 aliphatic heterocycles. The van der Waals surface area contributed by atoms with Gasteiger partial charge in [0.1, 0.15) is 16.9 Å². The Bertz CT molecular complexity index is 975. The minimum absolute atomic E-state index is 0.0435. The molecule has 1 aromatic carbocycles. The third-order valence-corrected chi connectivity index (χ3v) is 3.61. The third kappa shape index (κ3) is 3.43. The Balaban J connectivity index is 2.24. The van der Waals surface area contributed by atoms with Crippen molar-refractivity contribution >= 4 is 17.6 Å². The first-order valence-electron chi connectivity index (χ1n) is 7.31. The second-order valence-corrected chi connectivity index (χ2v) is 5.12. The van der Waals surface area contributed by atoms with Crippen LogP contribution in [0.5, 0.6) is 11.5 Å². The van der Waals surface area contributed by atoms with Crippen LogP contribution in [0.1, 0.15) is 20.7 Å². The van der Waals surface area contributed by atoms with Crippen molar-refractivity contribution in [1.82, 2.24) is 9.55 Å². The number of nitrogen functional groups attached to an aromatic ring is 1. The van der Waals surface area contributed by atoms with Gasteiger partial charge in [0, 0.05) is 7.05 Å². The van der Waals surface area contributed by atoms with E-state index >= 15 is 0 Å². The molecule has 10 nitrogen and oxygen atoms in total. The van der Waals surface area contributed by atoms with Crippen molar-refractivity contribution < 1.29 is 23.8 Å². The number of carbonyl (C=O) groups excluding carboxylic acids is 2. The van der Waals surface area contributed by atoms with Gasteiger partial charge in [0.2, 0.25) is 5.78 Å². The van der Waals surface area contributed by atoms with E-state index in [9.17, 15) is 19.2 Å². The lowest BCUT2D eigenvalue weighted by Crippen LogP contribution is -2.35. The number of nitrogens with zero attached hydrogens (tertiary/aromatic N) is 1. The maximum absolute atomic E-state index is 12.2. The topological polar surface area (TPSA) is 143 Å². The van der Waals surface area contributed by atoms with Gasteiger partial charge < -0.3 is 19.9 Å². The molecular weight excluding hydrogens is 346 g/mol. The number of esters is 1. The Morgan fingerprint density at radius 2 is 1.88 bits per heavy atom.